The van der Waals surface area contributed by atoms with E-state index >= 15 is 0 Å². The van der Waals surface area contributed by atoms with Crippen LogP contribution in [-0.2, 0) is 26.1 Å². The van der Waals surface area contributed by atoms with Crippen molar-refractivity contribution in [1.82, 2.24) is 9.80 Å². The summed E-state index contributed by atoms with van der Waals surface area (Å²) < 4.78 is 41.1. The van der Waals surface area contributed by atoms with E-state index in [1.165, 1.54) is 11.4 Å². The monoisotopic (exact) mass is 441 g/mol. The molecule has 0 unspecified atom stereocenters. The molecule has 3 rings (SSSR count). The van der Waals surface area contributed by atoms with Crippen LogP contribution in [0.4, 0.5) is 4.39 Å². The van der Waals surface area contributed by atoms with Crippen molar-refractivity contribution < 1.29 is 27.1 Å². The van der Waals surface area contributed by atoms with Gasteiger partial charge in [0.25, 0.3) is 5.91 Å². The van der Waals surface area contributed by atoms with E-state index in [2.05, 4.69) is 0 Å². The van der Waals surface area contributed by atoms with Gasteiger partial charge in [-0.3, -0.25) is 9.69 Å². The second-order valence-corrected chi connectivity index (χ2v) is 9.22. The number of nitrogens with two attached hydrogens (primary N) is 1. The molecular weight excluding hydrogens is 421 g/mol. The van der Waals surface area contributed by atoms with Crippen LogP contribution in [0.15, 0.2) is 39.9 Å². The molecule has 11 heteroatoms. The number of benzene rings is 1. The van der Waals surface area contributed by atoms with Gasteiger partial charge in [0, 0.05) is 43.7 Å². The lowest BCUT2D eigenvalue weighted by atomic mass is 10.2. The molecule has 29 heavy (non-hydrogen) atoms. The van der Waals surface area contributed by atoms with Crippen LogP contribution in [0.5, 0.6) is 0 Å². The van der Waals surface area contributed by atoms with Crippen molar-refractivity contribution in [2.45, 2.75) is 10.8 Å². The van der Waals surface area contributed by atoms with Gasteiger partial charge in [0.2, 0.25) is 10.0 Å². The van der Waals surface area contributed by atoms with Gasteiger partial charge in [-0.05, 0) is 12.1 Å². The Hall–Kier alpha value is -2.34. The van der Waals surface area contributed by atoms with Crippen molar-refractivity contribution in [3.8, 4) is 0 Å². The largest absolute Gasteiger partial charge is 0.452 e. The van der Waals surface area contributed by atoms with E-state index in [1.54, 1.807) is 23.1 Å². The SMILES string of the molecule is NS(=O)(=O)c1cc(C(=O)OCC(=O)N2CCN(Cc3ccccc3F)CC2)cs1. The fourth-order valence-corrected chi connectivity index (χ4v) is 4.47. The summed E-state index contributed by atoms with van der Waals surface area (Å²) in [5, 5.41) is 6.32. The Labute approximate surface area is 171 Å². The topological polar surface area (TPSA) is 110 Å². The van der Waals surface area contributed by atoms with Crippen LogP contribution < -0.4 is 5.14 Å². The zero-order valence-corrected chi connectivity index (χ0v) is 17.0. The zero-order valence-electron chi connectivity index (χ0n) is 15.4. The minimum absolute atomic E-state index is 0.0292. The lowest BCUT2D eigenvalue weighted by Crippen LogP contribution is -2.49. The number of rotatable bonds is 6. The number of primary sulfonamides is 1. The molecule has 2 heterocycles. The smallest absolute Gasteiger partial charge is 0.339 e. The Bertz CT molecular complexity index is 1000. The molecule has 1 fully saturated rings. The number of sulfonamides is 1. The number of carbonyl (C=O) groups is 2. The average Bonchev–Trinajstić information content (AvgIpc) is 3.19. The summed E-state index contributed by atoms with van der Waals surface area (Å²) in [6.07, 6.45) is 0. The van der Waals surface area contributed by atoms with Gasteiger partial charge in [0.05, 0.1) is 5.56 Å². The van der Waals surface area contributed by atoms with E-state index in [0.29, 0.717) is 38.3 Å². The van der Waals surface area contributed by atoms with E-state index in [9.17, 15) is 22.4 Å². The molecule has 0 radical (unpaired) electrons. The Balaban J connectivity index is 1.45. The Morgan fingerprint density at radius 2 is 1.86 bits per heavy atom. The van der Waals surface area contributed by atoms with E-state index in [4.69, 9.17) is 9.88 Å². The molecule has 2 aromatic rings. The van der Waals surface area contributed by atoms with Gasteiger partial charge in [-0.15, -0.1) is 11.3 Å². The number of esters is 1. The van der Waals surface area contributed by atoms with E-state index < -0.39 is 22.6 Å². The van der Waals surface area contributed by atoms with Crippen molar-refractivity contribution in [2.75, 3.05) is 32.8 Å². The summed E-state index contributed by atoms with van der Waals surface area (Å²) in [4.78, 5) is 27.9. The number of ether oxygens (including phenoxy) is 1. The molecule has 8 nitrogen and oxygen atoms in total. The number of carbonyl (C=O) groups excluding carboxylic acids is 2. The minimum Gasteiger partial charge on any atom is -0.452 e. The van der Waals surface area contributed by atoms with Crippen molar-refractivity contribution in [2.24, 2.45) is 5.14 Å². The molecule has 1 aromatic heterocycles. The van der Waals surface area contributed by atoms with Crippen LogP contribution in [0, 0.1) is 5.82 Å². The first-order valence-corrected chi connectivity index (χ1v) is 11.2. The van der Waals surface area contributed by atoms with Crippen molar-refractivity contribution in [3.05, 3.63) is 52.7 Å². The van der Waals surface area contributed by atoms with Gasteiger partial charge >= 0.3 is 5.97 Å². The number of thiophene rings is 1. The van der Waals surface area contributed by atoms with Crippen molar-refractivity contribution >= 4 is 33.2 Å². The van der Waals surface area contributed by atoms with Crippen LogP contribution in [0.1, 0.15) is 15.9 Å². The number of hydrogen-bond donors (Lipinski definition) is 1. The molecule has 0 atom stereocenters. The summed E-state index contributed by atoms with van der Waals surface area (Å²) in [6.45, 7) is 2.07. The number of nitrogens with zero attached hydrogens (tertiary/aromatic N) is 2. The molecule has 0 aliphatic carbocycles. The second kappa shape index (κ2) is 8.99. The quantitative estimate of drug-likeness (QED) is 0.671. The Kier molecular flexibility index (Phi) is 6.63. The normalized spacial score (nSPS) is 15.3. The highest BCUT2D eigenvalue weighted by Crippen LogP contribution is 2.19. The molecule has 1 aliphatic heterocycles. The number of piperazine rings is 1. The molecule has 0 saturated carbocycles. The van der Waals surface area contributed by atoms with Crippen molar-refractivity contribution in [1.29, 1.82) is 0 Å². The molecule has 0 spiro atoms. The third-order valence-electron chi connectivity index (χ3n) is 4.50. The van der Waals surface area contributed by atoms with Crippen LogP contribution in [0.25, 0.3) is 0 Å². The van der Waals surface area contributed by atoms with Crippen LogP contribution >= 0.6 is 11.3 Å². The van der Waals surface area contributed by atoms with E-state index in [0.717, 1.165) is 17.4 Å². The summed E-state index contributed by atoms with van der Waals surface area (Å²) in [5.41, 5.74) is 0.636. The van der Waals surface area contributed by atoms with Gasteiger partial charge < -0.3 is 9.64 Å². The summed E-state index contributed by atoms with van der Waals surface area (Å²) in [5.74, 6) is -1.38. The molecule has 156 valence electrons. The first-order chi connectivity index (χ1) is 13.7. The summed E-state index contributed by atoms with van der Waals surface area (Å²) in [6, 6.07) is 7.70. The highest BCUT2D eigenvalue weighted by Gasteiger charge is 2.23. The predicted octanol–water partition coefficient (Wildman–Crippen LogP) is 1.04. The third kappa shape index (κ3) is 5.60. The maximum Gasteiger partial charge on any atom is 0.339 e. The lowest BCUT2D eigenvalue weighted by molar-refractivity contribution is -0.136. The van der Waals surface area contributed by atoms with Gasteiger partial charge in [0.1, 0.15) is 10.0 Å². The standard InChI is InChI=1S/C18H20FN3O5S2/c19-15-4-2-1-3-13(15)10-21-5-7-22(8-6-21)16(23)11-27-18(24)14-9-17(28-12-14)29(20,25)26/h1-4,9,12H,5-8,10-11H2,(H2,20,25,26). The number of halogens is 1. The third-order valence-corrected chi connectivity index (χ3v) is 6.88. The average molecular weight is 442 g/mol. The predicted molar refractivity (Wildman–Crippen MR) is 104 cm³/mol. The van der Waals surface area contributed by atoms with Gasteiger partial charge in [0.15, 0.2) is 6.61 Å². The molecule has 1 saturated heterocycles. The molecule has 1 aromatic carbocycles. The molecule has 1 aliphatic rings. The fourth-order valence-electron chi connectivity index (χ4n) is 2.90. The molecule has 1 amide bonds. The first kappa shape index (κ1) is 21.4. The number of amides is 1. The molecular formula is C18H20FN3O5S2. The van der Waals surface area contributed by atoms with Gasteiger partial charge in [-0.1, -0.05) is 18.2 Å². The van der Waals surface area contributed by atoms with Crippen molar-refractivity contribution in [3.63, 3.8) is 0 Å². The van der Waals surface area contributed by atoms with Crippen LogP contribution in [-0.4, -0.2) is 62.9 Å². The zero-order chi connectivity index (χ0) is 21.0. The van der Waals surface area contributed by atoms with Gasteiger partial charge in [-0.25, -0.2) is 22.7 Å². The second-order valence-electron chi connectivity index (χ2n) is 6.52. The van der Waals surface area contributed by atoms with E-state index in [1.807, 2.05) is 4.90 Å². The lowest BCUT2D eigenvalue weighted by Gasteiger charge is -2.34. The summed E-state index contributed by atoms with van der Waals surface area (Å²) in [7, 11) is -3.89. The maximum atomic E-state index is 13.8. The molecule has 0 bridgehead atoms. The van der Waals surface area contributed by atoms with Crippen LogP contribution in [0.3, 0.4) is 0 Å². The number of hydrogen-bond acceptors (Lipinski definition) is 7. The van der Waals surface area contributed by atoms with E-state index in [-0.39, 0.29) is 21.5 Å². The highest BCUT2D eigenvalue weighted by molar-refractivity contribution is 7.91. The first-order valence-electron chi connectivity index (χ1n) is 8.76. The maximum absolute atomic E-state index is 13.8. The van der Waals surface area contributed by atoms with Crippen LogP contribution in [0.2, 0.25) is 0 Å². The highest BCUT2D eigenvalue weighted by atomic mass is 32.2. The fraction of sp³-hybridized carbons (Fsp3) is 0.333. The molecule has 2 N–H and O–H groups in total. The summed E-state index contributed by atoms with van der Waals surface area (Å²) >= 11 is 0.808. The van der Waals surface area contributed by atoms with Gasteiger partial charge in [-0.2, -0.15) is 0 Å². The minimum atomic E-state index is -3.89. The Morgan fingerprint density at radius 3 is 2.48 bits per heavy atom. The Morgan fingerprint density at radius 1 is 1.17 bits per heavy atom.